The molecule has 0 aromatic heterocycles. The van der Waals surface area contributed by atoms with Gasteiger partial charge in [-0.15, -0.1) is 0 Å². The fourth-order valence-corrected chi connectivity index (χ4v) is 1.59. The maximum atomic E-state index is 4.35. The molecule has 0 fully saturated rings. The van der Waals surface area contributed by atoms with E-state index in [1.54, 1.807) is 0 Å². The van der Waals surface area contributed by atoms with Gasteiger partial charge in [-0.25, -0.2) is 0 Å². The maximum Gasteiger partial charge on any atom is 0.198 e. The van der Waals surface area contributed by atoms with Gasteiger partial charge in [0.1, 0.15) is 0 Å². The van der Waals surface area contributed by atoms with Gasteiger partial charge >= 0.3 is 0 Å². The smallest absolute Gasteiger partial charge is 0.198 e. The van der Waals surface area contributed by atoms with Crippen molar-refractivity contribution in [2.24, 2.45) is 4.99 Å². The molecule has 1 aliphatic heterocycles. The third kappa shape index (κ3) is 2.07. The molecule has 3 nitrogen and oxygen atoms in total. The molecule has 1 aromatic carbocycles. The molecule has 0 saturated carbocycles. The largest absolute Gasteiger partial charge is 0.344 e. The Balaban J connectivity index is 2.07. The summed E-state index contributed by atoms with van der Waals surface area (Å²) in [5.74, 6) is 0.951. The number of likely N-dealkylation sites (N-methyl/N-ethyl adjacent to an activating group) is 1. The summed E-state index contributed by atoms with van der Waals surface area (Å²) in [5, 5.41) is 3.27. The molecule has 0 spiro atoms. The van der Waals surface area contributed by atoms with Crippen molar-refractivity contribution < 1.29 is 0 Å². The quantitative estimate of drug-likeness (QED) is 0.831. The molecule has 0 atom stereocenters. The van der Waals surface area contributed by atoms with Crippen molar-refractivity contribution in [3.05, 3.63) is 28.7 Å². The highest BCUT2D eigenvalue weighted by Gasteiger charge is 2.11. The number of halogens is 1. The first kappa shape index (κ1) is 9.52. The Morgan fingerprint density at radius 3 is 2.64 bits per heavy atom. The van der Waals surface area contributed by atoms with Crippen LogP contribution in [0.4, 0.5) is 5.69 Å². The van der Waals surface area contributed by atoms with Crippen molar-refractivity contribution in [2.75, 3.05) is 25.5 Å². The number of aliphatic imine (C=N–C) groups is 1. The minimum Gasteiger partial charge on any atom is -0.344 e. The van der Waals surface area contributed by atoms with Crippen LogP contribution in [0.15, 0.2) is 33.7 Å². The number of rotatable bonds is 1. The van der Waals surface area contributed by atoms with Crippen LogP contribution in [-0.2, 0) is 0 Å². The van der Waals surface area contributed by atoms with Gasteiger partial charge in [-0.1, -0.05) is 15.9 Å². The van der Waals surface area contributed by atoms with Crippen LogP contribution in [0.25, 0.3) is 0 Å². The van der Waals surface area contributed by atoms with Gasteiger partial charge in [-0.05, 0) is 24.3 Å². The first-order valence-corrected chi connectivity index (χ1v) is 5.33. The predicted molar refractivity (Wildman–Crippen MR) is 62.7 cm³/mol. The second-order valence-electron chi connectivity index (χ2n) is 3.26. The van der Waals surface area contributed by atoms with Gasteiger partial charge in [0.05, 0.1) is 6.54 Å². The summed E-state index contributed by atoms with van der Waals surface area (Å²) in [4.78, 5) is 6.47. The highest BCUT2D eigenvalue weighted by molar-refractivity contribution is 9.10. The van der Waals surface area contributed by atoms with Crippen molar-refractivity contribution in [3.63, 3.8) is 0 Å². The van der Waals surface area contributed by atoms with Crippen LogP contribution < -0.4 is 5.32 Å². The first-order valence-electron chi connectivity index (χ1n) is 4.54. The Bertz CT molecular complexity index is 345. The molecule has 0 bridgehead atoms. The first-order chi connectivity index (χ1) is 6.75. The van der Waals surface area contributed by atoms with Crippen molar-refractivity contribution >= 4 is 27.6 Å². The topological polar surface area (TPSA) is 27.6 Å². The van der Waals surface area contributed by atoms with Gasteiger partial charge < -0.3 is 10.2 Å². The Morgan fingerprint density at radius 1 is 1.36 bits per heavy atom. The number of benzene rings is 1. The van der Waals surface area contributed by atoms with E-state index >= 15 is 0 Å². The van der Waals surface area contributed by atoms with Crippen LogP contribution in [-0.4, -0.2) is 31.0 Å². The Morgan fingerprint density at radius 2 is 2.07 bits per heavy atom. The monoisotopic (exact) mass is 253 g/mol. The highest BCUT2D eigenvalue weighted by Crippen LogP contribution is 2.14. The summed E-state index contributed by atoms with van der Waals surface area (Å²) in [6.45, 7) is 1.88. The van der Waals surface area contributed by atoms with Crippen LogP contribution in [0.3, 0.4) is 0 Å². The molecule has 1 heterocycles. The lowest BCUT2D eigenvalue weighted by atomic mass is 10.3. The second kappa shape index (κ2) is 4.00. The minimum absolute atomic E-state index is 0.884. The van der Waals surface area contributed by atoms with E-state index in [4.69, 9.17) is 0 Å². The van der Waals surface area contributed by atoms with Crippen molar-refractivity contribution in [1.29, 1.82) is 0 Å². The number of nitrogens with zero attached hydrogens (tertiary/aromatic N) is 2. The van der Waals surface area contributed by atoms with Gasteiger partial charge in [-0.2, -0.15) is 0 Å². The number of anilines is 1. The molecule has 0 radical (unpaired) electrons. The molecule has 4 heteroatoms. The van der Waals surface area contributed by atoms with Gasteiger partial charge in [0, 0.05) is 23.8 Å². The molecule has 1 aromatic rings. The van der Waals surface area contributed by atoms with Crippen molar-refractivity contribution in [2.45, 2.75) is 0 Å². The van der Waals surface area contributed by atoms with E-state index < -0.39 is 0 Å². The lowest BCUT2D eigenvalue weighted by molar-refractivity contribution is 0.555. The summed E-state index contributed by atoms with van der Waals surface area (Å²) in [6.07, 6.45) is 0. The molecule has 0 unspecified atom stereocenters. The SMILES string of the molecule is CN1CCN=C1Nc1ccc(Br)cc1. The minimum atomic E-state index is 0.884. The zero-order valence-corrected chi connectivity index (χ0v) is 9.58. The average molecular weight is 254 g/mol. The Kier molecular flexibility index (Phi) is 2.72. The summed E-state index contributed by atoms with van der Waals surface area (Å²) in [7, 11) is 2.04. The molecule has 1 N–H and O–H groups in total. The van der Waals surface area contributed by atoms with E-state index in [0.29, 0.717) is 0 Å². The summed E-state index contributed by atoms with van der Waals surface area (Å²) in [6, 6.07) is 8.08. The van der Waals surface area contributed by atoms with Crippen LogP contribution in [0, 0.1) is 0 Å². The Labute approximate surface area is 92.0 Å². The maximum absolute atomic E-state index is 4.35. The summed E-state index contributed by atoms with van der Waals surface area (Å²) >= 11 is 3.40. The molecule has 0 aliphatic carbocycles. The highest BCUT2D eigenvalue weighted by atomic mass is 79.9. The molecule has 0 saturated heterocycles. The van der Waals surface area contributed by atoms with Gasteiger partial charge in [0.15, 0.2) is 5.96 Å². The van der Waals surface area contributed by atoms with E-state index in [1.807, 2.05) is 31.3 Å². The van der Waals surface area contributed by atoms with Crippen LogP contribution in [0.5, 0.6) is 0 Å². The summed E-state index contributed by atoms with van der Waals surface area (Å²) in [5.41, 5.74) is 1.07. The van der Waals surface area contributed by atoms with Crippen LogP contribution in [0.1, 0.15) is 0 Å². The normalized spacial score (nSPS) is 15.6. The predicted octanol–water partition coefficient (Wildman–Crippen LogP) is 2.16. The Hall–Kier alpha value is -1.03. The van der Waals surface area contributed by atoms with Crippen molar-refractivity contribution in [1.82, 2.24) is 4.90 Å². The number of hydrogen-bond acceptors (Lipinski definition) is 3. The third-order valence-corrected chi connectivity index (χ3v) is 2.69. The zero-order chi connectivity index (χ0) is 9.97. The van der Waals surface area contributed by atoms with Gasteiger partial charge in [-0.3, -0.25) is 4.99 Å². The van der Waals surface area contributed by atoms with Crippen LogP contribution in [0.2, 0.25) is 0 Å². The van der Waals surface area contributed by atoms with E-state index in [1.165, 1.54) is 0 Å². The fraction of sp³-hybridized carbons (Fsp3) is 0.300. The fourth-order valence-electron chi connectivity index (χ4n) is 1.33. The molecular weight excluding hydrogens is 242 g/mol. The van der Waals surface area contributed by atoms with E-state index in [0.717, 1.165) is 29.2 Å². The lowest BCUT2D eigenvalue weighted by Gasteiger charge is -2.15. The third-order valence-electron chi connectivity index (χ3n) is 2.16. The van der Waals surface area contributed by atoms with Gasteiger partial charge in [0.2, 0.25) is 0 Å². The lowest BCUT2D eigenvalue weighted by Crippen LogP contribution is -2.28. The van der Waals surface area contributed by atoms with E-state index in [2.05, 4.69) is 31.1 Å². The van der Waals surface area contributed by atoms with Crippen molar-refractivity contribution in [3.8, 4) is 0 Å². The van der Waals surface area contributed by atoms with Gasteiger partial charge in [0.25, 0.3) is 0 Å². The van der Waals surface area contributed by atoms with Crippen LogP contribution >= 0.6 is 15.9 Å². The molecular formula is C10H12BrN3. The van der Waals surface area contributed by atoms with E-state index in [9.17, 15) is 0 Å². The second-order valence-corrected chi connectivity index (χ2v) is 4.17. The summed E-state index contributed by atoms with van der Waals surface area (Å²) < 4.78 is 1.09. The number of hydrogen-bond donors (Lipinski definition) is 1. The molecule has 0 amide bonds. The standard InChI is InChI=1S/C10H12BrN3/c1-14-7-6-12-10(14)13-9-4-2-8(11)3-5-9/h2-5H,6-7H2,1H3,(H,12,13). The zero-order valence-electron chi connectivity index (χ0n) is 8.00. The average Bonchev–Trinajstić information content (AvgIpc) is 2.56. The number of nitrogens with one attached hydrogen (secondary N) is 1. The molecule has 14 heavy (non-hydrogen) atoms. The molecule has 2 rings (SSSR count). The van der Waals surface area contributed by atoms with E-state index in [-0.39, 0.29) is 0 Å². The number of guanidine groups is 1. The molecule has 1 aliphatic rings. The molecule has 74 valence electrons.